The Bertz CT molecular complexity index is 806. The Hall–Kier alpha value is -2.70. The van der Waals surface area contributed by atoms with Gasteiger partial charge in [-0.05, 0) is 31.9 Å². The fraction of sp³-hybridized carbons (Fsp3) is 0.474. The molecule has 7 nitrogen and oxygen atoms in total. The standard InChI is InChI=1S/C19H25N5O2/c1-4-17(25)24-9-7-13(8-10-24)18-22-19(26-23-18)14-5-6-15(12(2)20)16(11-14)21-3/h5-6,11,13,20-21H,4,7-10H2,1-3H3. The zero-order valence-electron chi connectivity index (χ0n) is 15.5. The van der Waals surface area contributed by atoms with E-state index in [0.717, 1.165) is 42.7 Å². The van der Waals surface area contributed by atoms with E-state index in [4.69, 9.17) is 9.93 Å². The maximum atomic E-state index is 11.8. The van der Waals surface area contributed by atoms with Crippen molar-refractivity contribution in [1.29, 1.82) is 5.41 Å². The number of carbonyl (C=O) groups is 1. The van der Waals surface area contributed by atoms with E-state index in [9.17, 15) is 4.79 Å². The van der Waals surface area contributed by atoms with Crippen LogP contribution in [0.15, 0.2) is 22.7 Å². The summed E-state index contributed by atoms with van der Waals surface area (Å²) in [6.07, 6.45) is 2.27. The summed E-state index contributed by atoms with van der Waals surface area (Å²) in [4.78, 5) is 18.3. The molecule has 1 aliphatic heterocycles. The second kappa shape index (κ2) is 7.68. The first kappa shape index (κ1) is 18.1. The molecule has 0 saturated carbocycles. The number of aromatic nitrogens is 2. The highest BCUT2D eigenvalue weighted by Crippen LogP contribution is 2.30. The van der Waals surface area contributed by atoms with Crippen LogP contribution in [0.5, 0.6) is 0 Å². The fourth-order valence-electron chi connectivity index (χ4n) is 3.34. The highest BCUT2D eigenvalue weighted by Gasteiger charge is 2.26. The fourth-order valence-corrected chi connectivity index (χ4v) is 3.34. The number of rotatable bonds is 5. The number of anilines is 1. The Morgan fingerprint density at radius 2 is 2.12 bits per heavy atom. The third-order valence-electron chi connectivity index (χ3n) is 4.90. The molecule has 1 aliphatic rings. The first-order valence-electron chi connectivity index (χ1n) is 9.02. The van der Waals surface area contributed by atoms with E-state index in [-0.39, 0.29) is 11.8 Å². The molecule has 0 aliphatic carbocycles. The molecule has 0 atom stereocenters. The second-order valence-corrected chi connectivity index (χ2v) is 6.60. The van der Waals surface area contributed by atoms with E-state index < -0.39 is 0 Å². The molecular formula is C19H25N5O2. The van der Waals surface area contributed by atoms with Gasteiger partial charge in [0.25, 0.3) is 5.89 Å². The maximum absolute atomic E-state index is 11.8. The van der Waals surface area contributed by atoms with Crippen molar-refractivity contribution in [3.63, 3.8) is 0 Å². The second-order valence-electron chi connectivity index (χ2n) is 6.60. The van der Waals surface area contributed by atoms with Crippen molar-refractivity contribution >= 4 is 17.3 Å². The predicted molar refractivity (Wildman–Crippen MR) is 101 cm³/mol. The van der Waals surface area contributed by atoms with E-state index in [1.165, 1.54) is 0 Å². The predicted octanol–water partition coefficient (Wildman–Crippen LogP) is 3.28. The summed E-state index contributed by atoms with van der Waals surface area (Å²) in [6.45, 7) is 5.15. The van der Waals surface area contributed by atoms with Crippen LogP contribution in [-0.4, -0.2) is 46.8 Å². The normalized spacial score (nSPS) is 15.1. The Balaban J connectivity index is 1.74. The lowest BCUT2D eigenvalue weighted by Gasteiger charge is -2.30. The summed E-state index contributed by atoms with van der Waals surface area (Å²) in [5.41, 5.74) is 3.04. The van der Waals surface area contributed by atoms with E-state index in [0.29, 0.717) is 23.8 Å². The van der Waals surface area contributed by atoms with E-state index in [2.05, 4.69) is 15.5 Å². The summed E-state index contributed by atoms with van der Waals surface area (Å²) < 4.78 is 5.48. The number of amides is 1. The molecule has 138 valence electrons. The van der Waals surface area contributed by atoms with Crippen LogP contribution in [0, 0.1) is 5.41 Å². The molecule has 26 heavy (non-hydrogen) atoms. The molecular weight excluding hydrogens is 330 g/mol. The summed E-state index contributed by atoms with van der Waals surface area (Å²) in [5.74, 6) is 1.62. The van der Waals surface area contributed by atoms with Crippen LogP contribution in [0.1, 0.15) is 50.4 Å². The van der Waals surface area contributed by atoms with Gasteiger partial charge in [-0.1, -0.05) is 18.1 Å². The lowest BCUT2D eigenvalue weighted by Crippen LogP contribution is -2.37. The van der Waals surface area contributed by atoms with Crippen LogP contribution in [0.3, 0.4) is 0 Å². The van der Waals surface area contributed by atoms with Crippen molar-refractivity contribution in [2.24, 2.45) is 0 Å². The van der Waals surface area contributed by atoms with Gasteiger partial charge >= 0.3 is 0 Å². The number of nitrogens with one attached hydrogen (secondary N) is 2. The highest BCUT2D eigenvalue weighted by atomic mass is 16.5. The van der Waals surface area contributed by atoms with Gasteiger partial charge in [0.05, 0.1) is 0 Å². The third kappa shape index (κ3) is 3.61. The molecule has 3 rings (SSSR count). The minimum absolute atomic E-state index is 0.207. The SMILES string of the molecule is CCC(=O)N1CCC(c2noc(-c3ccc(C(C)=N)c(NC)c3)n2)CC1. The molecule has 2 aromatic rings. The molecule has 0 radical (unpaired) electrons. The van der Waals surface area contributed by atoms with Gasteiger partial charge in [-0.25, -0.2) is 0 Å². The summed E-state index contributed by atoms with van der Waals surface area (Å²) >= 11 is 0. The van der Waals surface area contributed by atoms with Crippen LogP contribution in [-0.2, 0) is 4.79 Å². The van der Waals surface area contributed by atoms with Gasteiger partial charge in [0, 0.05) is 55.0 Å². The van der Waals surface area contributed by atoms with E-state index in [1.807, 2.05) is 37.1 Å². The number of piperidine rings is 1. The van der Waals surface area contributed by atoms with Crippen LogP contribution in [0.25, 0.3) is 11.5 Å². The van der Waals surface area contributed by atoms with Crippen molar-refractivity contribution in [3.05, 3.63) is 29.6 Å². The van der Waals surface area contributed by atoms with Crippen molar-refractivity contribution in [1.82, 2.24) is 15.0 Å². The number of likely N-dealkylation sites (tertiary alicyclic amines) is 1. The van der Waals surface area contributed by atoms with Crippen LogP contribution in [0.2, 0.25) is 0 Å². The smallest absolute Gasteiger partial charge is 0.258 e. The van der Waals surface area contributed by atoms with Crippen molar-refractivity contribution in [3.8, 4) is 11.5 Å². The van der Waals surface area contributed by atoms with Crippen molar-refractivity contribution in [2.45, 2.75) is 39.0 Å². The average molecular weight is 355 g/mol. The Labute approximate surface area is 153 Å². The molecule has 2 heterocycles. The molecule has 0 unspecified atom stereocenters. The van der Waals surface area contributed by atoms with Crippen LogP contribution >= 0.6 is 0 Å². The first-order valence-corrected chi connectivity index (χ1v) is 9.02. The van der Waals surface area contributed by atoms with Gasteiger partial charge in [0.2, 0.25) is 5.91 Å². The van der Waals surface area contributed by atoms with Gasteiger partial charge in [0.1, 0.15) is 0 Å². The molecule has 1 fully saturated rings. The summed E-state index contributed by atoms with van der Waals surface area (Å²) in [7, 11) is 1.83. The first-order chi connectivity index (χ1) is 12.5. The lowest BCUT2D eigenvalue weighted by molar-refractivity contribution is -0.131. The molecule has 0 bridgehead atoms. The van der Waals surface area contributed by atoms with E-state index >= 15 is 0 Å². The molecule has 1 saturated heterocycles. The largest absolute Gasteiger partial charge is 0.388 e. The Morgan fingerprint density at radius 3 is 2.73 bits per heavy atom. The summed E-state index contributed by atoms with van der Waals surface area (Å²) in [5, 5.41) is 15.1. The number of benzene rings is 1. The molecule has 7 heteroatoms. The van der Waals surface area contributed by atoms with Gasteiger partial charge in [0.15, 0.2) is 5.82 Å². The van der Waals surface area contributed by atoms with Crippen molar-refractivity contribution in [2.75, 3.05) is 25.5 Å². The van der Waals surface area contributed by atoms with Crippen LogP contribution < -0.4 is 5.32 Å². The van der Waals surface area contributed by atoms with Gasteiger partial charge < -0.3 is 20.1 Å². The monoisotopic (exact) mass is 355 g/mol. The minimum atomic E-state index is 0.207. The van der Waals surface area contributed by atoms with Gasteiger partial charge in [-0.3, -0.25) is 4.79 Å². The molecule has 1 aromatic heterocycles. The average Bonchev–Trinajstić information content (AvgIpc) is 3.17. The number of carbonyl (C=O) groups excluding carboxylic acids is 1. The van der Waals surface area contributed by atoms with Crippen molar-refractivity contribution < 1.29 is 9.32 Å². The zero-order chi connectivity index (χ0) is 18.7. The summed E-state index contributed by atoms with van der Waals surface area (Å²) in [6, 6.07) is 5.71. The Kier molecular flexibility index (Phi) is 5.35. The number of hydrogen-bond acceptors (Lipinski definition) is 6. The number of nitrogens with zero attached hydrogens (tertiary/aromatic N) is 3. The molecule has 0 spiro atoms. The maximum Gasteiger partial charge on any atom is 0.258 e. The van der Waals surface area contributed by atoms with Crippen LogP contribution in [0.4, 0.5) is 5.69 Å². The van der Waals surface area contributed by atoms with E-state index in [1.54, 1.807) is 6.92 Å². The number of hydrogen-bond donors (Lipinski definition) is 2. The third-order valence-corrected chi connectivity index (χ3v) is 4.90. The van der Waals surface area contributed by atoms with Gasteiger partial charge in [-0.2, -0.15) is 4.98 Å². The molecule has 1 aromatic carbocycles. The quantitative estimate of drug-likeness (QED) is 0.803. The molecule has 2 N–H and O–H groups in total. The zero-order valence-corrected chi connectivity index (χ0v) is 15.5. The lowest BCUT2D eigenvalue weighted by atomic mass is 9.96. The minimum Gasteiger partial charge on any atom is -0.388 e. The Morgan fingerprint density at radius 1 is 1.38 bits per heavy atom. The topological polar surface area (TPSA) is 95.1 Å². The van der Waals surface area contributed by atoms with Gasteiger partial charge in [-0.15, -0.1) is 0 Å². The highest BCUT2D eigenvalue weighted by molar-refractivity contribution is 6.02. The molecule has 1 amide bonds.